The minimum absolute atomic E-state index is 0.0457. The lowest BCUT2D eigenvalue weighted by atomic mass is 10.1. The van der Waals surface area contributed by atoms with E-state index in [9.17, 15) is 19.4 Å². The van der Waals surface area contributed by atoms with Crippen LogP contribution in [-0.2, 0) is 20.9 Å². The predicted molar refractivity (Wildman–Crippen MR) is 69.6 cm³/mol. The Morgan fingerprint density at radius 2 is 1.95 bits per heavy atom. The second kappa shape index (κ2) is 8.63. The first-order chi connectivity index (χ1) is 9.56. The average molecular weight is 286 g/mol. The Balaban J connectivity index is 2.34. The topological polar surface area (TPSA) is 76.0 Å². The van der Waals surface area contributed by atoms with Crippen LogP contribution >= 0.6 is 0 Å². The van der Waals surface area contributed by atoms with Crippen LogP contribution in [0.1, 0.15) is 12.5 Å². The van der Waals surface area contributed by atoms with Gasteiger partial charge in [-0.2, -0.15) is 0 Å². The molecular weight excluding hydrogens is 267 g/mol. The second-order valence-electron chi connectivity index (χ2n) is 4.20. The van der Waals surface area contributed by atoms with Gasteiger partial charge >= 0.3 is 5.97 Å². The molecule has 0 saturated heterocycles. The van der Waals surface area contributed by atoms with Crippen molar-refractivity contribution in [1.29, 1.82) is 0 Å². The van der Waals surface area contributed by atoms with Crippen molar-refractivity contribution in [2.75, 3.05) is 13.2 Å². The molecule has 20 heavy (non-hydrogen) atoms. The molecule has 1 aromatic rings. The zero-order valence-corrected chi connectivity index (χ0v) is 11.2. The van der Waals surface area contributed by atoms with Crippen LogP contribution in [0.3, 0.4) is 0 Å². The Bertz CT molecular complexity index is 398. The normalized spacial score (nSPS) is 15.4. The number of carbonyl (C=O) groups excluding carboxylic acids is 1. The maximum atomic E-state index is 13.6. The highest BCUT2D eigenvalue weighted by atomic mass is 19.1. The lowest BCUT2D eigenvalue weighted by Gasteiger charge is -2.19. The summed E-state index contributed by atoms with van der Waals surface area (Å²) in [6, 6.07) is 9.13. The van der Waals surface area contributed by atoms with Gasteiger partial charge in [0.1, 0.15) is 6.10 Å². The standard InChI is InChI=1S/C14H19FO5/c1-2-20-14(18)13(17)12(16)11(15)9-19-8-10-6-4-3-5-7-10/h3-7,11-13,16-17H,2,8-9H2,1H3/t11-,12-,13+/m1/s1. The highest BCUT2D eigenvalue weighted by Gasteiger charge is 2.32. The highest BCUT2D eigenvalue weighted by molar-refractivity contribution is 5.75. The van der Waals surface area contributed by atoms with E-state index in [1.807, 2.05) is 30.3 Å². The van der Waals surface area contributed by atoms with E-state index in [4.69, 9.17) is 4.74 Å². The first kappa shape index (κ1) is 16.6. The molecule has 0 heterocycles. The molecule has 0 aromatic heterocycles. The van der Waals surface area contributed by atoms with Gasteiger partial charge in [-0.3, -0.25) is 0 Å². The van der Waals surface area contributed by atoms with Crippen molar-refractivity contribution in [1.82, 2.24) is 0 Å². The summed E-state index contributed by atoms with van der Waals surface area (Å²) < 4.78 is 23.2. The van der Waals surface area contributed by atoms with E-state index < -0.39 is 31.0 Å². The summed E-state index contributed by atoms with van der Waals surface area (Å²) in [6.07, 6.45) is -5.66. The molecule has 3 atom stereocenters. The summed E-state index contributed by atoms with van der Waals surface area (Å²) in [7, 11) is 0. The number of halogens is 1. The zero-order chi connectivity index (χ0) is 15.0. The number of ether oxygens (including phenoxy) is 2. The summed E-state index contributed by atoms with van der Waals surface area (Å²) in [5, 5.41) is 18.9. The van der Waals surface area contributed by atoms with E-state index in [1.165, 1.54) is 0 Å². The summed E-state index contributed by atoms with van der Waals surface area (Å²) in [5.74, 6) is -1.05. The minimum atomic E-state index is -1.91. The fourth-order valence-corrected chi connectivity index (χ4v) is 1.53. The molecule has 0 spiro atoms. The molecule has 0 radical (unpaired) electrons. The predicted octanol–water partition coefficient (Wildman–Crippen LogP) is 0.826. The van der Waals surface area contributed by atoms with Crippen LogP contribution in [0.5, 0.6) is 0 Å². The molecule has 112 valence electrons. The summed E-state index contributed by atoms with van der Waals surface area (Å²) >= 11 is 0. The van der Waals surface area contributed by atoms with E-state index in [0.717, 1.165) is 5.56 Å². The van der Waals surface area contributed by atoms with Crippen LogP contribution in [0, 0.1) is 0 Å². The van der Waals surface area contributed by atoms with Crippen molar-refractivity contribution in [3.8, 4) is 0 Å². The minimum Gasteiger partial charge on any atom is -0.464 e. The molecule has 0 aliphatic heterocycles. The van der Waals surface area contributed by atoms with Crippen molar-refractivity contribution in [3.63, 3.8) is 0 Å². The molecule has 0 fully saturated rings. The van der Waals surface area contributed by atoms with Crippen molar-refractivity contribution in [3.05, 3.63) is 35.9 Å². The largest absolute Gasteiger partial charge is 0.464 e. The number of benzene rings is 1. The van der Waals surface area contributed by atoms with E-state index in [-0.39, 0.29) is 13.2 Å². The zero-order valence-electron chi connectivity index (χ0n) is 11.2. The van der Waals surface area contributed by atoms with Gasteiger partial charge in [-0.15, -0.1) is 0 Å². The van der Waals surface area contributed by atoms with Gasteiger partial charge in [0, 0.05) is 0 Å². The monoisotopic (exact) mass is 286 g/mol. The average Bonchev–Trinajstić information content (AvgIpc) is 2.47. The van der Waals surface area contributed by atoms with Gasteiger partial charge in [0.25, 0.3) is 0 Å². The Morgan fingerprint density at radius 3 is 2.55 bits per heavy atom. The molecule has 0 saturated carbocycles. The van der Waals surface area contributed by atoms with Crippen molar-refractivity contribution in [2.45, 2.75) is 31.9 Å². The number of aliphatic hydroxyl groups is 2. The number of hydrogen-bond acceptors (Lipinski definition) is 5. The van der Waals surface area contributed by atoms with Gasteiger partial charge < -0.3 is 19.7 Å². The Kier molecular flexibility index (Phi) is 7.14. The smallest absolute Gasteiger partial charge is 0.337 e. The Morgan fingerprint density at radius 1 is 1.30 bits per heavy atom. The summed E-state index contributed by atoms with van der Waals surface area (Å²) in [5.41, 5.74) is 0.861. The summed E-state index contributed by atoms with van der Waals surface area (Å²) in [4.78, 5) is 11.1. The lowest BCUT2D eigenvalue weighted by molar-refractivity contribution is -0.163. The van der Waals surface area contributed by atoms with Crippen molar-refractivity contribution in [2.24, 2.45) is 0 Å². The first-order valence-corrected chi connectivity index (χ1v) is 6.34. The summed E-state index contributed by atoms with van der Waals surface area (Å²) in [6.45, 7) is 1.35. The molecule has 0 aliphatic rings. The van der Waals surface area contributed by atoms with E-state index in [1.54, 1.807) is 6.92 Å². The van der Waals surface area contributed by atoms with Gasteiger partial charge in [0.2, 0.25) is 0 Å². The molecule has 1 rings (SSSR count). The van der Waals surface area contributed by atoms with E-state index in [2.05, 4.69) is 4.74 Å². The van der Waals surface area contributed by atoms with Gasteiger partial charge in [-0.25, -0.2) is 9.18 Å². The maximum absolute atomic E-state index is 13.6. The number of aliphatic hydroxyl groups excluding tert-OH is 2. The van der Waals surface area contributed by atoms with Crippen LogP contribution in [0.4, 0.5) is 4.39 Å². The van der Waals surface area contributed by atoms with Crippen LogP contribution in [0.2, 0.25) is 0 Å². The third-order valence-electron chi connectivity index (χ3n) is 2.61. The molecular formula is C14H19FO5. The SMILES string of the molecule is CCOC(=O)[C@@H](O)[C@H](O)[C@H](F)COCc1ccccc1. The molecule has 0 amide bonds. The molecule has 0 aliphatic carbocycles. The third-order valence-corrected chi connectivity index (χ3v) is 2.61. The van der Waals surface area contributed by atoms with Gasteiger partial charge in [0.05, 0.1) is 19.8 Å². The molecule has 2 N–H and O–H groups in total. The van der Waals surface area contributed by atoms with Crippen molar-refractivity contribution >= 4 is 5.97 Å². The van der Waals surface area contributed by atoms with Gasteiger partial charge in [0.15, 0.2) is 12.3 Å². The maximum Gasteiger partial charge on any atom is 0.337 e. The Hall–Kier alpha value is -1.50. The van der Waals surface area contributed by atoms with Gasteiger partial charge in [-0.05, 0) is 12.5 Å². The number of carbonyl (C=O) groups is 1. The fraction of sp³-hybridized carbons (Fsp3) is 0.500. The molecule has 0 bridgehead atoms. The van der Waals surface area contributed by atoms with Crippen LogP contribution < -0.4 is 0 Å². The number of hydrogen-bond donors (Lipinski definition) is 2. The number of esters is 1. The quantitative estimate of drug-likeness (QED) is 0.692. The first-order valence-electron chi connectivity index (χ1n) is 6.34. The highest BCUT2D eigenvalue weighted by Crippen LogP contribution is 2.09. The van der Waals surface area contributed by atoms with Gasteiger partial charge in [-0.1, -0.05) is 30.3 Å². The molecule has 1 aromatic carbocycles. The Labute approximate surface area is 116 Å². The molecule has 5 nitrogen and oxygen atoms in total. The van der Waals surface area contributed by atoms with Crippen LogP contribution in [0.25, 0.3) is 0 Å². The number of rotatable bonds is 8. The molecule has 6 heteroatoms. The van der Waals surface area contributed by atoms with Crippen LogP contribution in [0.15, 0.2) is 30.3 Å². The number of alkyl halides is 1. The second-order valence-corrected chi connectivity index (χ2v) is 4.20. The van der Waals surface area contributed by atoms with E-state index in [0.29, 0.717) is 0 Å². The third kappa shape index (κ3) is 5.24. The molecule has 0 unspecified atom stereocenters. The lowest BCUT2D eigenvalue weighted by Crippen LogP contribution is -2.43. The fourth-order valence-electron chi connectivity index (χ4n) is 1.53. The van der Waals surface area contributed by atoms with Crippen LogP contribution in [-0.4, -0.2) is 47.8 Å². The van der Waals surface area contributed by atoms with Crippen molar-refractivity contribution < 1.29 is 28.9 Å². The van der Waals surface area contributed by atoms with E-state index >= 15 is 0 Å².